The predicted octanol–water partition coefficient (Wildman–Crippen LogP) is 1.09. The van der Waals surface area contributed by atoms with Crippen molar-refractivity contribution in [1.29, 1.82) is 0 Å². The summed E-state index contributed by atoms with van der Waals surface area (Å²) in [5.74, 6) is 0.612. The monoisotopic (exact) mass is 244 g/mol. The summed E-state index contributed by atoms with van der Waals surface area (Å²) in [6.45, 7) is 7.43. The smallest absolute Gasteiger partial charge is 0.317 e. The molecule has 1 atom stereocenters. The van der Waals surface area contributed by atoms with Gasteiger partial charge in [0.1, 0.15) is 0 Å². The molecular formula is C12H24N2O3. The summed E-state index contributed by atoms with van der Waals surface area (Å²) < 4.78 is 10.5. The van der Waals surface area contributed by atoms with E-state index < -0.39 is 0 Å². The lowest BCUT2D eigenvalue weighted by Crippen LogP contribution is -2.50. The number of ether oxygens (including phenoxy) is 2. The van der Waals surface area contributed by atoms with Gasteiger partial charge in [-0.3, -0.25) is 0 Å². The van der Waals surface area contributed by atoms with Crippen LogP contribution < -0.4 is 5.32 Å². The molecule has 5 heteroatoms. The van der Waals surface area contributed by atoms with E-state index in [1.54, 1.807) is 12.0 Å². The molecule has 0 saturated carbocycles. The van der Waals surface area contributed by atoms with Crippen molar-refractivity contribution in [1.82, 2.24) is 10.2 Å². The summed E-state index contributed by atoms with van der Waals surface area (Å²) >= 11 is 0. The van der Waals surface area contributed by atoms with E-state index in [2.05, 4.69) is 19.2 Å². The van der Waals surface area contributed by atoms with Crippen molar-refractivity contribution in [2.75, 3.05) is 40.0 Å². The summed E-state index contributed by atoms with van der Waals surface area (Å²) in [6.07, 6.45) is 1.02. The minimum atomic E-state index is 0.00426. The Bertz CT molecular complexity index is 232. The molecule has 17 heavy (non-hydrogen) atoms. The quantitative estimate of drug-likeness (QED) is 0.787. The maximum Gasteiger partial charge on any atom is 0.317 e. The van der Waals surface area contributed by atoms with Gasteiger partial charge in [0.2, 0.25) is 0 Å². The van der Waals surface area contributed by atoms with Crippen LogP contribution in [0.5, 0.6) is 0 Å². The molecule has 0 aliphatic carbocycles. The summed E-state index contributed by atoms with van der Waals surface area (Å²) in [4.78, 5) is 13.6. The third-order valence-electron chi connectivity index (χ3n) is 2.78. The first-order valence-electron chi connectivity index (χ1n) is 6.26. The number of amides is 2. The van der Waals surface area contributed by atoms with E-state index in [1.807, 2.05) is 0 Å². The van der Waals surface area contributed by atoms with Gasteiger partial charge in [0.15, 0.2) is 0 Å². The molecule has 100 valence electrons. The standard InChI is InChI=1S/C12H24N2O3/c1-10(2)4-5-13-12(15)14-6-7-17-11(8-14)9-16-3/h10-11H,4-9H2,1-3H3,(H,13,15)/t11-/m0/s1. The Kier molecular flexibility index (Phi) is 6.29. The number of hydrogen-bond donors (Lipinski definition) is 1. The Morgan fingerprint density at radius 2 is 2.35 bits per heavy atom. The fourth-order valence-corrected chi connectivity index (χ4v) is 1.77. The van der Waals surface area contributed by atoms with Crippen molar-refractivity contribution in [2.45, 2.75) is 26.4 Å². The molecule has 0 spiro atoms. The van der Waals surface area contributed by atoms with Gasteiger partial charge in [-0.15, -0.1) is 0 Å². The number of methoxy groups -OCH3 is 1. The molecule has 0 aromatic carbocycles. The first kappa shape index (κ1) is 14.3. The summed E-state index contributed by atoms with van der Waals surface area (Å²) in [7, 11) is 1.64. The first-order chi connectivity index (χ1) is 8.13. The van der Waals surface area contributed by atoms with Crippen LogP contribution in [0.4, 0.5) is 4.79 Å². The lowest BCUT2D eigenvalue weighted by atomic mass is 10.1. The van der Waals surface area contributed by atoms with Gasteiger partial charge in [-0.1, -0.05) is 13.8 Å². The molecule has 0 aromatic rings. The Balaban J connectivity index is 2.25. The van der Waals surface area contributed by atoms with Gasteiger partial charge in [0.05, 0.1) is 25.9 Å². The second-order valence-electron chi connectivity index (χ2n) is 4.81. The van der Waals surface area contributed by atoms with Crippen molar-refractivity contribution >= 4 is 6.03 Å². The largest absolute Gasteiger partial charge is 0.382 e. The van der Waals surface area contributed by atoms with Gasteiger partial charge in [-0.05, 0) is 12.3 Å². The van der Waals surface area contributed by atoms with E-state index in [0.29, 0.717) is 32.2 Å². The summed E-state index contributed by atoms with van der Waals surface area (Å²) in [5, 5.41) is 2.94. The lowest BCUT2D eigenvalue weighted by Gasteiger charge is -2.32. The van der Waals surface area contributed by atoms with Crippen LogP contribution in [0.1, 0.15) is 20.3 Å². The highest BCUT2D eigenvalue weighted by atomic mass is 16.5. The SMILES string of the molecule is COC[C@@H]1CN(C(=O)NCCC(C)C)CCO1. The molecule has 1 heterocycles. The number of morpholine rings is 1. The maximum atomic E-state index is 11.8. The van der Waals surface area contributed by atoms with Crippen LogP contribution in [0.3, 0.4) is 0 Å². The second-order valence-corrected chi connectivity index (χ2v) is 4.81. The molecule has 1 aliphatic rings. The van der Waals surface area contributed by atoms with E-state index in [0.717, 1.165) is 13.0 Å². The normalized spacial score (nSPS) is 20.7. The molecule has 1 saturated heterocycles. The molecule has 1 N–H and O–H groups in total. The minimum Gasteiger partial charge on any atom is -0.382 e. The minimum absolute atomic E-state index is 0.00426. The lowest BCUT2D eigenvalue weighted by molar-refractivity contribution is -0.0494. The number of nitrogens with zero attached hydrogens (tertiary/aromatic N) is 1. The van der Waals surface area contributed by atoms with Crippen LogP contribution in [0.2, 0.25) is 0 Å². The van der Waals surface area contributed by atoms with Gasteiger partial charge in [0.25, 0.3) is 0 Å². The average molecular weight is 244 g/mol. The molecular weight excluding hydrogens is 220 g/mol. The van der Waals surface area contributed by atoms with Crippen molar-refractivity contribution in [3.63, 3.8) is 0 Å². The number of hydrogen-bond acceptors (Lipinski definition) is 3. The number of rotatable bonds is 5. The average Bonchev–Trinajstić information content (AvgIpc) is 2.29. The Morgan fingerprint density at radius 1 is 1.59 bits per heavy atom. The fourth-order valence-electron chi connectivity index (χ4n) is 1.77. The predicted molar refractivity (Wildman–Crippen MR) is 66.0 cm³/mol. The Labute approximate surface area is 103 Å². The number of urea groups is 1. The second kappa shape index (κ2) is 7.50. The highest BCUT2D eigenvalue weighted by Gasteiger charge is 2.23. The van der Waals surface area contributed by atoms with Crippen LogP contribution >= 0.6 is 0 Å². The molecule has 1 rings (SSSR count). The molecule has 0 unspecified atom stereocenters. The van der Waals surface area contributed by atoms with Gasteiger partial charge in [-0.2, -0.15) is 0 Å². The summed E-state index contributed by atoms with van der Waals surface area (Å²) in [6, 6.07) is 0.00931. The van der Waals surface area contributed by atoms with E-state index in [1.165, 1.54) is 0 Å². The van der Waals surface area contributed by atoms with Crippen LogP contribution in [0, 0.1) is 5.92 Å². The van der Waals surface area contributed by atoms with E-state index in [4.69, 9.17) is 9.47 Å². The molecule has 1 aliphatic heterocycles. The molecule has 0 radical (unpaired) electrons. The number of carbonyl (C=O) groups excluding carboxylic acids is 1. The van der Waals surface area contributed by atoms with Gasteiger partial charge in [-0.25, -0.2) is 4.79 Å². The van der Waals surface area contributed by atoms with Crippen molar-refractivity contribution in [3.05, 3.63) is 0 Å². The molecule has 5 nitrogen and oxygen atoms in total. The topological polar surface area (TPSA) is 50.8 Å². The van der Waals surface area contributed by atoms with Gasteiger partial charge in [0, 0.05) is 20.2 Å². The highest BCUT2D eigenvalue weighted by Crippen LogP contribution is 2.06. The van der Waals surface area contributed by atoms with Crippen molar-refractivity contribution in [2.24, 2.45) is 5.92 Å². The van der Waals surface area contributed by atoms with Crippen molar-refractivity contribution in [3.8, 4) is 0 Å². The number of carbonyl (C=O) groups is 1. The summed E-state index contributed by atoms with van der Waals surface area (Å²) in [5.41, 5.74) is 0. The van der Waals surface area contributed by atoms with Crippen LogP contribution in [0.25, 0.3) is 0 Å². The first-order valence-corrected chi connectivity index (χ1v) is 6.26. The fraction of sp³-hybridized carbons (Fsp3) is 0.917. The third-order valence-corrected chi connectivity index (χ3v) is 2.78. The Morgan fingerprint density at radius 3 is 3.00 bits per heavy atom. The zero-order chi connectivity index (χ0) is 12.7. The molecule has 0 aromatic heterocycles. The highest BCUT2D eigenvalue weighted by molar-refractivity contribution is 5.74. The molecule has 0 bridgehead atoms. The molecule has 1 fully saturated rings. The third kappa shape index (κ3) is 5.37. The van der Waals surface area contributed by atoms with Crippen LogP contribution in [0.15, 0.2) is 0 Å². The Hall–Kier alpha value is -0.810. The van der Waals surface area contributed by atoms with E-state index in [9.17, 15) is 4.79 Å². The molecule has 2 amide bonds. The van der Waals surface area contributed by atoms with Gasteiger partial charge < -0.3 is 19.7 Å². The van der Waals surface area contributed by atoms with Gasteiger partial charge >= 0.3 is 6.03 Å². The maximum absolute atomic E-state index is 11.8. The van der Waals surface area contributed by atoms with Crippen LogP contribution in [-0.4, -0.2) is 57.0 Å². The van der Waals surface area contributed by atoms with Crippen molar-refractivity contribution < 1.29 is 14.3 Å². The van der Waals surface area contributed by atoms with Crippen LogP contribution in [-0.2, 0) is 9.47 Å². The zero-order valence-electron chi connectivity index (χ0n) is 11.1. The van der Waals surface area contributed by atoms with E-state index >= 15 is 0 Å². The van der Waals surface area contributed by atoms with E-state index in [-0.39, 0.29) is 12.1 Å². The number of nitrogens with one attached hydrogen (secondary N) is 1. The zero-order valence-corrected chi connectivity index (χ0v) is 11.1.